The third-order valence-corrected chi connectivity index (χ3v) is 8.42. The molecule has 0 spiro atoms. The van der Waals surface area contributed by atoms with Crippen molar-refractivity contribution in [3.63, 3.8) is 0 Å². The number of allylic oxidation sites excluding steroid dienone is 1. The number of nitrogens with zero attached hydrogens (tertiary/aromatic N) is 2. The molecule has 8 nitrogen and oxygen atoms in total. The summed E-state index contributed by atoms with van der Waals surface area (Å²) in [6.45, 7) is 8.24. The lowest BCUT2D eigenvalue weighted by Crippen LogP contribution is -2.49. The predicted molar refractivity (Wildman–Crippen MR) is 143 cm³/mol. The number of aliphatic hydroxyl groups excluding tert-OH is 1. The van der Waals surface area contributed by atoms with E-state index in [0.717, 1.165) is 32.4 Å². The van der Waals surface area contributed by atoms with Crippen LogP contribution in [-0.4, -0.2) is 99.0 Å². The molecule has 0 unspecified atom stereocenters. The molecule has 0 radical (unpaired) electrons. The molecule has 37 heavy (non-hydrogen) atoms. The maximum atomic E-state index is 13.6. The van der Waals surface area contributed by atoms with Gasteiger partial charge in [0.15, 0.2) is 5.76 Å². The lowest BCUT2D eigenvalue weighted by molar-refractivity contribution is -0.172. The Labute approximate surface area is 225 Å². The molecule has 1 aromatic heterocycles. The van der Waals surface area contributed by atoms with E-state index in [0.29, 0.717) is 44.8 Å². The number of rotatable bonds is 13. The average molecular weight is 537 g/mol. The third kappa shape index (κ3) is 8.00. The van der Waals surface area contributed by atoms with Gasteiger partial charge < -0.3 is 33.9 Å². The highest BCUT2D eigenvalue weighted by atomic mass is 32.1. The van der Waals surface area contributed by atoms with Gasteiger partial charge in [-0.15, -0.1) is 0 Å². The number of hydrogen-bond donors (Lipinski definition) is 1. The number of carbonyl (C=O) groups is 1. The smallest absolute Gasteiger partial charge is 0.288 e. The van der Waals surface area contributed by atoms with Gasteiger partial charge in [-0.3, -0.25) is 4.79 Å². The number of amides is 1. The number of carbonyl (C=O) groups excluding carboxylic acids is 1. The second-order valence-electron chi connectivity index (χ2n) is 10.1. The van der Waals surface area contributed by atoms with Crippen LogP contribution in [0.3, 0.4) is 0 Å². The van der Waals surface area contributed by atoms with Crippen LogP contribution < -0.4 is 0 Å². The largest absolute Gasteiger partial charge is 0.459 e. The number of ether oxygens (including phenoxy) is 4. The maximum Gasteiger partial charge on any atom is 0.288 e. The topological polar surface area (TPSA) is 80.7 Å². The molecule has 0 saturated carbocycles. The van der Waals surface area contributed by atoms with Gasteiger partial charge >= 0.3 is 0 Å². The third-order valence-electron chi connectivity index (χ3n) is 7.72. The van der Waals surface area contributed by atoms with Crippen LogP contribution in [0.15, 0.2) is 28.7 Å². The zero-order valence-electron chi connectivity index (χ0n) is 22.2. The van der Waals surface area contributed by atoms with Crippen molar-refractivity contribution in [1.82, 2.24) is 9.80 Å². The first-order chi connectivity index (χ1) is 18.2. The van der Waals surface area contributed by atoms with Gasteiger partial charge in [-0.05, 0) is 80.6 Å². The van der Waals surface area contributed by atoms with Crippen LogP contribution in [0.2, 0.25) is 0 Å². The summed E-state index contributed by atoms with van der Waals surface area (Å²) in [5.74, 6) is 0.461. The Morgan fingerprint density at radius 3 is 2.51 bits per heavy atom. The van der Waals surface area contributed by atoms with Crippen LogP contribution in [0.5, 0.6) is 0 Å². The molecule has 0 aromatic carbocycles. The number of hydrogen-bond acceptors (Lipinski definition) is 8. The van der Waals surface area contributed by atoms with Crippen molar-refractivity contribution >= 4 is 17.2 Å². The Kier molecular flexibility index (Phi) is 11.7. The molecule has 1 amide bonds. The molecule has 4 heterocycles. The molecule has 1 N–H and O–H groups in total. The molecule has 208 valence electrons. The Hall–Kier alpha value is -1.49. The van der Waals surface area contributed by atoms with Gasteiger partial charge in [0.25, 0.3) is 5.91 Å². The first kappa shape index (κ1) is 28.5. The summed E-state index contributed by atoms with van der Waals surface area (Å²) in [6.07, 6.45) is 8.26. The first-order valence-electron chi connectivity index (χ1n) is 14.0. The van der Waals surface area contributed by atoms with Crippen LogP contribution >= 0.6 is 11.3 Å². The maximum absolute atomic E-state index is 13.6. The quantitative estimate of drug-likeness (QED) is 0.386. The predicted octanol–water partition coefficient (Wildman–Crippen LogP) is 3.62. The van der Waals surface area contributed by atoms with Crippen LogP contribution in [0.1, 0.15) is 56.9 Å². The van der Waals surface area contributed by atoms with Gasteiger partial charge in [0.1, 0.15) is 0 Å². The first-order valence-corrected chi connectivity index (χ1v) is 15.0. The molecular weight excluding hydrogens is 492 g/mol. The van der Waals surface area contributed by atoms with Crippen LogP contribution in [0, 0.1) is 5.92 Å². The van der Waals surface area contributed by atoms with Crippen molar-refractivity contribution in [1.29, 1.82) is 0 Å². The van der Waals surface area contributed by atoms with Crippen molar-refractivity contribution in [2.45, 2.75) is 63.7 Å². The summed E-state index contributed by atoms with van der Waals surface area (Å²) in [6, 6.07) is 2.72. The summed E-state index contributed by atoms with van der Waals surface area (Å²) >= 11 is 1.66. The molecule has 3 aliphatic rings. The van der Waals surface area contributed by atoms with Crippen LogP contribution in [0.4, 0.5) is 0 Å². The van der Waals surface area contributed by atoms with Crippen molar-refractivity contribution in [3.8, 4) is 0 Å². The molecule has 0 aliphatic carbocycles. The highest BCUT2D eigenvalue weighted by Gasteiger charge is 2.39. The van der Waals surface area contributed by atoms with Gasteiger partial charge in [-0.25, -0.2) is 0 Å². The zero-order chi connectivity index (χ0) is 25.9. The Balaban J connectivity index is 1.39. The summed E-state index contributed by atoms with van der Waals surface area (Å²) in [4.78, 5) is 18.2. The van der Waals surface area contributed by atoms with E-state index in [4.69, 9.17) is 24.1 Å². The van der Waals surface area contributed by atoms with Crippen molar-refractivity contribution in [3.05, 3.63) is 34.2 Å². The lowest BCUT2D eigenvalue weighted by atomic mass is 9.82. The van der Waals surface area contributed by atoms with E-state index in [2.05, 4.69) is 21.7 Å². The Morgan fingerprint density at radius 2 is 1.84 bits per heavy atom. The molecule has 3 aliphatic heterocycles. The fraction of sp³-hybridized carbons (Fsp3) is 0.750. The minimum Gasteiger partial charge on any atom is -0.459 e. The number of piperidine rings is 2. The lowest BCUT2D eigenvalue weighted by Gasteiger charge is -2.41. The Bertz CT molecular complexity index is 821. The SMILES string of the molecule is CCO[C@@H]1OC(C(=O)N2CCC(N3CCCCC3)CC2)=C[C@H](c2ccsc2)[C@@H]1CCOCCOCCO. The van der Waals surface area contributed by atoms with Crippen molar-refractivity contribution in [2.24, 2.45) is 5.92 Å². The van der Waals surface area contributed by atoms with Gasteiger partial charge in [0.2, 0.25) is 6.29 Å². The highest BCUT2D eigenvalue weighted by Crippen LogP contribution is 2.40. The summed E-state index contributed by atoms with van der Waals surface area (Å²) in [7, 11) is 0. The molecule has 1 aromatic rings. The zero-order valence-corrected chi connectivity index (χ0v) is 23.0. The van der Waals surface area contributed by atoms with Crippen molar-refractivity contribution in [2.75, 3.05) is 65.8 Å². The summed E-state index contributed by atoms with van der Waals surface area (Å²) in [5.41, 5.74) is 1.18. The molecule has 2 fully saturated rings. The fourth-order valence-corrected chi connectivity index (χ4v) is 6.46. The van der Waals surface area contributed by atoms with Gasteiger partial charge in [0.05, 0.1) is 26.4 Å². The van der Waals surface area contributed by atoms with E-state index >= 15 is 0 Å². The standard InChI is InChI=1S/C28H44N2O6S/c1-2-35-28-24(8-15-33-17-18-34-16-14-31)25(22-9-19-37-21-22)20-26(36-28)27(32)30-12-6-23(7-13-30)29-10-4-3-5-11-29/h9,19-21,23-25,28,31H,2-8,10-18H2,1H3/t24-,25+,28+/m0/s1. The molecule has 2 saturated heterocycles. The number of likely N-dealkylation sites (tertiary alicyclic amines) is 2. The monoisotopic (exact) mass is 536 g/mol. The van der Waals surface area contributed by atoms with E-state index in [1.54, 1.807) is 11.3 Å². The minimum atomic E-state index is -0.501. The van der Waals surface area contributed by atoms with Gasteiger partial charge in [-0.2, -0.15) is 11.3 Å². The number of thiophene rings is 1. The second kappa shape index (κ2) is 15.2. The summed E-state index contributed by atoms with van der Waals surface area (Å²) < 4.78 is 23.4. The van der Waals surface area contributed by atoms with E-state index in [-0.39, 0.29) is 24.3 Å². The average Bonchev–Trinajstić information content (AvgIpc) is 3.48. The molecular formula is C28H44N2O6S. The molecule has 9 heteroatoms. The van der Waals surface area contributed by atoms with Crippen LogP contribution in [-0.2, 0) is 23.7 Å². The van der Waals surface area contributed by atoms with Crippen molar-refractivity contribution < 1.29 is 28.8 Å². The Morgan fingerprint density at radius 1 is 1.08 bits per heavy atom. The summed E-state index contributed by atoms with van der Waals surface area (Å²) in [5, 5.41) is 13.0. The fourth-order valence-electron chi connectivity index (χ4n) is 5.75. The normalized spacial score (nSPS) is 25.6. The van der Waals surface area contributed by atoms with E-state index in [1.165, 1.54) is 37.9 Å². The highest BCUT2D eigenvalue weighted by molar-refractivity contribution is 7.08. The number of aliphatic hydroxyl groups is 1. The van der Waals surface area contributed by atoms with E-state index < -0.39 is 6.29 Å². The van der Waals surface area contributed by atoms with E-state index in [1.807, 2.05) is 17.9 Å². The molecule has 4 rings (SSSR count). The van der Waals surface area contributed by atoms with Gasteiger partial charge in [0, 0.05) is 44.2 Å². The van der Waals surface area contributed by atoms with E-state index in [9.17, 15) is 4.79 Å². The second-order valence-corrected chi connectivity index (χ2v) is 10.9. The minimum absolute atomic E-state index is 0.0155. The van der Waals surface area contributed by atoms with Crippen LogP contribution in [0.25, 0.3) is 0 Å². The molecule has 3 atom stereocenters. The molecule has 0 bridgehead atoms. The van der Waals surface area contributed by atoms with Gasteiger partial charge in [-0.1, -0.05) is 6.42 Å².